The number of rotatable bonds is 3. The molecule has 0 heterocycles. The molecule has 0 aliphatic carbocycles. The van der Waals surface area contributed by atoms with Gasteiger partial charge in [-0.05, 0) is 30.7 Å². The summed E-state index contributed by atoms with van der Waals surface area (Å²) in [6.45, 7) is 1.93. The summed E-state index contributed by atoms with van der Waals surface area (Å²) in [5.74, 6) is 2.01. The van der Waals surface area contributed by atoms with Gasteiger partial charge in [0.15, 0.2) is 0 Å². The Morgan fingerprint density at radius 2 is 1.72 bits per heavy atom. The SMILES string of the molecule is COc1cc(N)cc(Oc2ccc(Cl)c(C)c2)c1. The molecular formula is C14H14ClNO2. The topological polar surface area (TPSA) is 44.5 Å². The van der Waals surface area contributed by atoms with E-state index in [2.05, 4.69) is 0 Å². The second kappa shape index (κ2) is 5.19. The summed E-state index contributed by atoms with van der Waals surface area (Å²) in [5.41, 5.74) is 7.32. The van der Waals surface area contributed by atoms with Crippen molar-refractivity contribution in [2.45, 2.75) is 6.92 Å². The zero-order valence-electron chi connectivity index (χ0n) is 10.2. The normalized spacial score (nSPS) is 10.2. The molecule has 0 aliphatic heterocycles. The first kappa shape index (κ1) is 12.6. The van der Waals surface area contributed by atoms with Crippen LogP contribution in [0.3, 0.4) is 0 Å². The highest BCUT2D eigenvalue weighted by atomic mass is 35.5. The average Bonchev–Trinajstić information content (AvgIpc) is 2.33. The Morgan fingerprint density at radius 1 is 1.00 bits per heavy atom. The van der Waals surface area contributed by atoms with E-state index in [4.69, 9.17) is 26.8 Å². The summed E-state index contributed by atoms with van der Waals surface area (Å²) in [7, 11) is 1.59. The van der Waals surface area contributed by atoms with Gasteiger partial charge in [0, 0.05) is 28.9 Å². The Balaban J connectivity index is 2.27. The molecule has 0 fully saturated rings. The molecule has 2 N–H and O–H groups in total. The first-order chi connectivity index (χ1) is 8.58. The molecule has 0 saturated heterocycles. The van der Waals surface area contributed by atoms with Gasteiger partial charge in [-0.2, -0.15) is 0 Å². The molecule has 0 saturated carbocycles. The second-order valence-electron chi connectivity index (χ2n) is 3.95. The fourth-order valence-electron chi connectivity index (χ4n) is 1.59. The number of anilines is 1. The first-order valence-electron chi connectivity index (χ1n) is 5.47. The minimum absolute atomic E-state index is 0.593. The lowest BCUT2D eigenvalue weighted by Gasteiger charge is -2.09. The Kier molecular flexibility index (Phi) is 3.63. The number of benzene rings is 2. The van der Waals surface area contributed by atoms with Crippen LogP contribution >= 0.6 is 11.6 Å². The largest absolute Gasteiger partial charge is 0.497 e. The number of ether oxygens (including phenoxy) is 2. The number of halogens is 1. The monoisotopic (exact) mass is 263 g/mol. The van der Waals surface area contributed by atoms with Gasteiger partial charge in [-0.15, -0.1) is 0 Å². The summed E-state index contributed by atoms with van der Waals surface area (Å²) in [4.78, 5) is 0. The Morgan fingerprint density at radius 3 is 2.39 bits per heavy atom. The van der Waals surface area contributed by atoms with Gasteiger partial charge in [0.2, 0.25) is 0 Å². The molecule has 4 heteroatoms. The quantitative estimate of drug-likeness (QED) is 0.851. The van der Waals surface area contributed by atoms with E-state index in [-0.39, 0.29) is 0 Å². The Hall–Kier alpha value is -1.87. The molecule has 0 amide bonds. The van der Waals surface area contributed by atoms with Crippen LogP contribution in [0.4, 0.5) is 5.69 Å². The lowest BCUT2D eigenvalue weighted by atomic mass is 10.2. The van der Waals surface area contributed by atoms with Crippen LogP contribution in [0.2, 0.25) is 5.02 Å². The van der Waals surface area contributed by atoms with Crippen LogP contribution in [-0.4, -0.2) is 7.11 Å². The summed E-state index contributed by atoms with van der Waals surface area (Å²) in [6.07, 6.45) is 0. The number of methoxy groups -OCH3 is 1. The minimum atomic E-state index is 0.593. The van der Waals surface area contributed by atoms with Crippen LogP contribution in [0, 0.1) is 6.92 Å². The third kappa shape index (κ3) is 2.87. The van der Waals surface area contributed by atoms with Crippen molar-refractivity contribution < 1.29 is 9.47 Å². The molecule has 0 atom stereocenters. The van der Waals surface area contributed by atoms with Crippen molar-refractivity contribution >= 4 is 17.3 Å². The van der Waals surface area contributed by atoms with Crippen LogP contribution in [0.1, 0.15) is 5.56 Å². The maximum Gasteiger partial charge on any atom is 0.133 e. The highest BCUT2D eigenvalue weighted by Crippen LogP contribution is 2.30. The summed E-state index contributed by atoms with van der Waals surface area (Å²) >= 11 is 5.96. The zero-order valence-corrected chi connectivity index (χ0v) is 11.0. The number of nitrogens with two attached hydrogens (primary N) is 1. The third-order valence-corrected chi connectivity index (χ3v) is 2.93. The standard InChI is InChI=1S/C14H14ClNO2/c1-9-5-11(3-4-14(9)15)18-13-7-10(16)6-12(8-13)17-2/h3-8H,16H2,1-2H3. The Labute approximate surface area is 111 Å². The molecule has 0 radical (unpaired) electrons. The van der Waals surface area contributed by atoms with E-state index in [1.54, 1.807) is 31.4 Å². The maximum absolute atomic E-state index is 5.96. The van der Waals surface area contributed by atoms with Crippen molar-refractivity contribution in [3.63, 3.8) is 0 Å². The van der Waals surface area contributed by atoms with Gasteiger partial charge in [-0.3, -0.25) is 0 Å². The molecule has 2 aromatic rings. The first-order valence-corrected chi connectivity index (χ1v) is 5.85. The number of hydrogen-bond donors (Lipinski definition) is 1. The molecule has 0 aromatic heterocycles. The summed E-state index contributed by atoms with van der Waals surface area (Å²) in [6, 6.07) is 10.7. The lowest BCUT2D eigenvalue weighted by Crippen LogP contribution is -1.91. The summed E-state index contributed by atoms with van der Waals surface area (Å²) < 4.78 is 10.9. The Bertz CT molecular complexity index is 570. The predicted molar refractivity (Wildman–Crippen MR) is 73.7 cm³/mol. The van der Waals surface area contributed by atoms with Crippen molar-refractivity contribution in [3.05, 3.63) is 47.0 Å². The number of nitrogen functional groups attached to an aromatic ring is 1. The van der Waals surface area contributed by atoms with Crippen LogP contribution < -0.4 is 15.2 Å². The van der Waals surface area contributed by atoms with Gasteiger partial charge >= 0.3 is 0 Å². The molecule has 0 unspecified atom stereocenters. The van der Waals surface area contributed by atoms with E-state index in [1.165, 1.54) is 0 Å². The van der Waals surface area contributed by atoms with Gasteiger partial charge in [0.1, 0.15) is 17.2 Å². The second-order valence-corrected chi connectivity index (χ2v) is 4.36. The van der Waals surface area contributed by atoms with Crippen molar-refractivity contribution in [2.24, 2.45) is 0 Å². The maximum atomic E-state index is 5.96. The van der Waals surface area contributed by atoms with Crippen molar-refractivity contribution in [1.29, 1.82) is 0 Å². The van der Waals surface area contributed by atoms with E-state index < -0.39 is 0 Å². The van der Waals surface area contributed by atoms with Crippen molar-refractivity contribution in [1.82, 2.24) is 0 Å². The van der Waals surface area contributed by atoms with Crippen LogP contribution in [0.25, 0.3) is 0 Å². The van der Waals surface area contributed by atoms with Crippen molar-refractivity contribution in [2.75, 3.05) is 12.8 Å². The molecular weight excluding hydrogens is 250 g/mol. The zero-order chi connectivity index (χ0) is 13.1. The van der Waals surface area contributed by atoms with Gasteiger partial charge in [-0.1, -0.05) is 11.6 Å². The summed E-state index contributed by atoms with van der Waals surface area (Å²) in [5, 5.41) is 0.715. The van der Waals surface area contributed by atoms with E-state index >= 15 is 0 Å². The molecule has 0 bridgehead atoms. The third-order valence-electron chi connectivity index (χ3n) is 2.50. The highest BCUT2D eigenvalue weighted by Gasteiger charge is 2.03. The smallest absolute Gasteiger partial charge is 0.133 e. The average molecular weight is 264 g/mol. The number of aryl methyl sites for hydroxylation is 1. The van der Waals surface area contributed by atoms with Crippen LogP contribution in [0.5, 0.6) is 17.2 Å². The molecule has 3 nitrogen and oxygen atoms in total. The molecule has 0 aliphatic rings. The van der Waals surface area contributed by atoms with Gasteiger partial charge in [-0.25, -0.2) is 0 Å². The fourth-order valence-corrected chi connectivity index (χ4v) is 1.70. The van der Waals surface area contributed by atoms with Gasteiger partial charge < -0.3 is 15.2 Å². The fraction of sp³-hybridized carbons (Fsp3) is 0.143. The molecule has 18 heavy (non-hydrogen) atoms. The highest BCUT2D eigenvalue weighted by molar-refractivity contribution is 6.31. The lowest BCUT2D eigenvalue weighted by molar-refractivity contribution is 0.409. The molecule has 94 valence electrons. The molecule has 0 spiro atoms. The van der Waals surface area contributed by atoms with Gasteiger partial charge in [0.05, 0.1) is 7.11 Å². The van der Waals surface area contributed by atoms with E-state index in [1.807, 2.05) is 19.1 Å². The predicted octanol–water partition coefficient (Wildman–Crippen LogP) is 4.03. The van der Waals surface area contributed by atoms with Crippen molar-refractivity contribution in [3.8, 4) is 17.2 Å². The molecule has 2 aromatic carbocycles. The number of hydrogen-bond acceptors (Lipinski definition) is 3. The van der Waals surface area contributed by atoms with Gasteiger partial charge in [0.25, 0.3) is 0 Å². The van der Waals surface area contributed by atoms with E-state index in [0.717, 1.165) is 5.56 Å². The van der Waals surface area contributed by atoms with E-state index in [0.29, 0.717) is 28.0 Å². The van der Waals surface area contributed by atoms with E-state index in [9.17, 15) is 0 Å². The van der Waals surface area contributed by atoms with Crippen LogP contribution in [0.15, 0.2) is 36.4 Å². The molecule has 2 rings (SSSR count). The minimum Gasteiger partial charge on any atom is -0.497 e. The van der Waals surface area contributed by atoms with Crippen LogP contribution in [-0.2, 0) is 0 Å².